The van der Waals surface area contributed by atoms with Gasteiger partial charge in [0.2, 0.25) is 0 Å². The van der Waals surface area contributed by atoms with E-state index in [1.165, 1.54) is 18.2 Å². The van der Waals surface area contributed by atoms with Crippen LogP contribution in [-0.4, -0.2) is 5.78 Å². The van der Waals surface area contributed by atoms with Gasteiger partial charge >= 0.3 is 0 Å². The van der Waals surface area contributed by atoms with Gasteiger partial charge in [0.25, 0.3) is 0 Å². The molecule has 0 saturated carbocycles. The molecular weight excluding hydrogens is 253 g/mol. The zero-order chi connectivity index (χ0) is 13.3. The Morgan fingerprint density at radius 3 is 2.61 bits per heavy atom. The van der Waals surface area contributed by atoms with Crippen molar-refractivity contribution in [2.45, 2.75) is 6.92 Å². The molecule has 0 fully saturated rings. The Labute approximate surface area is 109 Å². The SMILES string of the molecule is Cc1cc(N)ccc1C(=O)c1cccc(F)c1Cl. The van der Waals surface area contributed by atoms with Crippen LogP contribution < -0.4 is 5.73 Å². The highest BCUT2D eigenvalue weighted by Crippen LogP contribution is 2.24. The van der Waals surface area contributed by atoms with Crippen LogP contribution in [0.25, 0.3) is 0 Å². The third-order valence-electron chi connectivity index (χ3n) is 2.69. The monoisotopic (exact) mass is 263 g/mol. The molecule has 2 rings (SSSR count). The summed E-state index contributed by atoms with van der Waals surface area (Å²) in [4.78, 5) is 12.3. The maximum Gasteiger partial charge on any atom is 0.194 e. The smallest absolute Gasteiger partial charge is 0.194 e. The molecule has 0 aliphatic rings. The molecule has 2 aromatic carbocycles. The zero-order valence-electron chi connectivity index (χ0n) is 9.71. The first kappa shape index (κ1) is 12.6. The van der Waals surface area contributed by atoms with E-state index in [-0.39, 0.29) is 16.4 Å². The van der Waals surface area contributed by atoms with E-state index in [2.05, 4.69) is 0 Å². The molecule has 0 atom stereocenters. The molecule has 4 heteroatoms. The number of anilines is 1. The predicted molar refractivity (Wildman–Crippen MR) is 70.4 cm³/mol. The van der Waals surface area contributed by atoms with Gasteiger partial charge in [-0.15, -0.1) is 0 Å². The average Bonchev–Trinajstić information content (AvgIpc) is 2.32. The van der Waals surface area contributed by atoms with Crippen LogP contribution in [0.5, 0.6) is 0 Å². The number of hydrogen-bond acceptors (Lipinski definition) is 2. The van der Waals surface area contributed by atoms with Crippen molar-refractivity contribution in [2.75, 3.05) is 5.73 Å². The van der Waals surface area contributed by atoms with Crippen LogP contribution in [0.2, 0.25) is 5.02 Å². The third-order valence-corrected chi connectivity index (χ3v) is 3.08. The molecule has 0 aliphatic carbocycles. The summed E-state index contributed by atoms with van der Waals surface area (Å²) in [6, 6.07) is 9.13. The first-order valence-electron chi connectivity index (χ1n) is 5.35. The largest absolute Gasteiger partial charge is 0.399 e. The lowest BCUT2D eigenvalue weighted by Crippen LogP contribution is -2.05. The minimum atomic E-state index is -0.601. The summed E-state index contributed by atoms with van der Waals surface area (Å²) in [5.41, 5.74) is 7.56. The average molecular weight is 264 g/mol. The summed E-state index contributed by atoms with van der Waals surface area (Å²) in [6.45, 7) is 1.77. The standard InChI is InChI=1S/C14H11ClFNO/c1-8-7-9(17)5-6-10(8)14(18)11-3-2-4-12(16)13(11)15/h2-7H,17H2,1H3. The summed E-state index contributed by atoms with van der Waals surface area (Å²) >= 11 is 5.80. The van der Waals surface area contributed by atoms with Gasteiger partial charge in [0.05, 0.1) is 5.02 Å². The fourth-order valence-corrected chi connectivity index (χ4v) is 1.98. The van der Waals surface area contributed by atoms with Crippen LogP contribution in [0.3, 0.4) is 0 Å². The Bertz CT molecular complexity index is 625. The molecule has 0 saturated heterocycles. The van der Waals surface area contributed by atoms with Crippen molar-refractivity contribution in [3.8, 4) is 0 Å². The zero-order valence-corrected chi connectivity index (χ0v) is 10.5. The van der Waals surface area contributed by atoms with E-state index in [1.807, 2.05) is 0 Å². The number of carbonyl (C=O) groups is 1. The summed E-state index contributed by atoms with van der Waals surface area (Å²) in [5.74, 6) is -0.910. The van der Waals surface area contributed by atoms with Gasteiger partial charge in [0.15, 0.2) is 5.78 Å². The molecule has 0 bridgehead atoms. The topological polar surface area (TPSA) is 43.1 Å². The van der Waals surface area contributed by atoms with Crippen LogP contribution in [0, 0.1) is 12.7 Å². The van der Waals surface area contributed by atoms with Crippen molar-refractivity contribution in [3.05, 3.63) is 63.9 Å². The Morgan fingerprint density at radius 1 is 1.22 bits per heavy atom. The van der Waals surface area contributed by atoms with Crippen molar-refractivity contribution in [2.24, 2.45) is 0 Å². The normalized spacial score (nSPS) is 10.4. The van der Waals surface area contributed by atoms with Crippen LogP contribution >= 0.6 is 11.6 Å². The summed E-state index contributed by atoms with van der Waals surface area (Å²) in [6.07, 6.45) is 0. The highest BCUT2D eigenvalue weighted by molar-refractivity contribution is 6.35. The maximum absolute atomic E-state index is 13.3. The molecule has 2 N–H and O–H groups in total. The number of aryl methyl sites for hydroxylation is 1. The second-order valence-electron chi connectivity index (χ2n) is 4.00. The highest BCUT2D eigenvalue weighted by Gasteiger charge is 2.16. The highest BCUT2D eigenvalue weighted by atomic mass is 35.5. The fraction of sp³-hybridized carbons (Fsp3) is 0.0714. The van der Waals surface area contributed by atoms with E-state index in [1.54, 1.807) is 25.1 Å². The Hall–Kier alpha value is -1.87. The first-order valence-corrected chi connectivity index (χ1v) is 5.73. The van der Waals surface area contributed by atoms with Crippen LogP contribution in [0.4, 0.5) is 10.1 Å². The van der Waals surface area contributed by atoms with E-state index >= 15 is 0 Å². The summed E-state index contributed by atoms with van der Waals surface area (Å²) < 4.78 is 13.3. The molecule has 0 heterocycles. The molecule has 0 amide bonds. The van der Waals surface area contributed by atoms with Crippen molar-refractivity contribution >= 4 is 23.1 Å². The van der Waals surface area contributed by atoms with Gasteiger partial charge in [-0.25, -0.2) is 4.39 Å². The molecule has 0 radical (unpaired) electrons. The number of rotatable bonds is 2. The fourth-order valence-electron chi connectivity index (χ4n) is 1.77. The molecule has 0 unspecified atom stereocenters. The van der Waals surface area contributed by atoms with E-state index in [0.29, 0.717) is 11.3 Å². The number of carbonyl (C=O) groups excluding carboxylic acids is 1. The maximum atomic E-state index is 13.3. The lowest BCUT2D eigenvalue weighted by atomic mass is 9.98. The van der Waals surface area contributed by atoms with Gasteiger partial charge in [-0.1, -0.05) is 17.7 Å². The van der Waals surface area contributed by atoms with E-state index < -0.39 is 5.82 Å². The number of hydrogen-bond donors (Lipinski definition) is 1. The molecule has 2 nitrogen and oxygen atoms in total. The quantitative estimate of drug-likeness (QED) is 0.664. The van der Waals surface area contributed by atoms with E-state index in [9.17, 15) is 9.18 Å². The van der Waals surface area contributed by atoms with E-state index in [4.69, 9.17) is 17.3 Å². The Balaban J connectivity index is 2.51. The minimum absolute atomic E-state index is 0.154. The van der Waals surface area contributed by atoms with Crippen molar-refractivity contribution in [1.29, 1.82) is 0 Å². The number of nitrogen functional groups attached to an aromatic ring is 1. The Morgan fingerprint density at radius 2 is 1.94 bits per heavy atom. The molecule has 0 aromatic heterocycles. The van der Waals surface area contributed by atoms with Crippen LogP contribution in [0.1, 0.15) is 21.5 Å². The third kappa shape index (κ3) is 2.22. The second kappa shape index (κ2) is 4.78. The van der Waals surface area contributed by atoms with Crippen LogP contribution in [0.15, 0.2) is 36.4 Å². The minimum Gasteiger partial charge on any atom is -0.399 e. The van der Waals surface area contributed by atoms with Gasteiger partial charge in [-0.3, -0.25) is 4.79 Å². The van der Waals surface area contributed by atoms with Gasteiger partial charge in [-0.05, 0) is 42.8 Å². The van der Waals surface area contributed by atoms with E-state index in [0.717, 1.165) is 5.56 Å². The number of benzene rings is 2. The molecule has 18 heavy (non-hydrogen) atoms. The summed E-state index contributed by atoms with van der Waals surface area (Å²) in [5, 5.41) is -0.154. The van der Waals surface area contributed by atoms with Crippen molar-refractivity contribution in [3.63, 3.8) is 0 Å². The second-order valence-corrected chi connectivity index (χ2v) is 4.38. The molecular formula is C14H11ClFNO. The summed E-state index contributed by atoms with van der Waals surface area (Å²) in [7, 11) is 0. The van der Waals surface area contributed by atoms with Gasteiger partial charge in [-0.2, -0.15) is 0 Å². The Kier molecular flexibility index (Phi) is 3.34. The van der Waals surface area contributed by atoms with Crippen molar-refractivity contribution in [1.82, 2.24) is 0 Å². The van der Waals surface area contributed by atoms with Gasteiger partial charge < -0.3 is 5.73 Å². The molecule has 0 aliphatic heterocycles. The predicted octanol–water partition coefficient (Wildman–Crippen LogP) is 3.60. The lowest BCUT2D eigenvalue weighted by molar-refractivity contribution is 0.103. The molecule has 2 aromatic rings. The molecule has 0 spiro atoms. The number of halogens is 2. The van der Waals surface area contributed by atoms with Crippen molar-refractivity contribution < 1.29 is 9.18 Å². The lowest BCUT2D eigenvalue weighted by Gasteiger charge is -2.07. The number of ketones is 1. The van der Waals surface area contributed by atoms with Gasteiger partial charge in [0, 0.05) is 16.8 Å². The molecule has 92 valence electrons. The number of nitrogens with two attached hydrogens (primary N) is 1. The first-order chi connectivity index (χ1) is 8.50. The van der Waals surface area contributed by atoms with Crippen LogP contribution in [-0.2, 0) is 0 Å². The van der Waals surface area contributed by atoms with Gasteiger partial charge in [0.1, 0.15) is 5.82 Å².